The first-order valence-corrected chi connectivity index (χ1v) is 20.5. The fraction of sp³-hybridized carbons (Fsp3) is 0.619. The summed E-state index contributed by atoms with van der Waals surface area (Å²) in [7, 11) is -0.989. The van der Waals surface area contributed by atoms with E-state index in [1.807, 2.05) is 27.7 Å². The van der Waals surface area contributed by atoms with Crippen LogP contribution in [0.4, 0.5) is 11.4 Å². The van der Waals surface area contributed by atoms with E-state index in [-0.39, 0.29) is 35.5 Å². The van der Waals surface area contributed by atoms with Crippen molar-refractivity contribution in [2.75, 3.05) is 14.1 Å². The Labute approximate surface area is 313 Å². The lowest BCUT2D eigenvalue weighted by Crippen LogP contribution is -2.60. The van der Waals surface area contributed by atoms with Gasteiger partial charge in [0.25, 0.3) is 10.1 Å². The molecule has 2 aromatic carbocycles. The van der Waals surface area contributed by atoms with Crippen LogP contribution >= 0.6 is 0 Å². The predicted octanol–water partition coefficient (Wildman–Crippen LogP) is 6.59. The van der Waals surface area contributed by atoms with Crippen LogP contribution in [0, 0.1) is 17.3 Å². The fourth-order valence-electron chi connectivity index (χ4n) is 8.02. The van der Waals surface area contributed by atoms with E-state index in [1.54, 1.807) is 0 Å². The minimum atomic E-state index is -5.20. The van der Waals surface area contributed by atoms with Gasteiger partial charge in [-0.1, -0.05) is 115 Å². The summed E-state index contributed by atoms with van der Waals surface area (Å²) in [5.74, 6) is -4.22. The van der Waals surface area contributed by atoms with Crippen molar-refractivity contribution in [3.05, 3.63) is 59.7 Å². The molecule has 0 saturated carbocycles. The molecule has 1 N–H and O–H groups in total. The third-order valence-corrected chi connectivity index (χ3v) is 12.0. The molecule has 0 spiro atoms. The lowest BCUT2D eigenvalue weighted by Gasteiger charge is -2.44. The minimum absolute atomic E-state index is 0.174. The molecule has 10 heteroatoms. The number of carbonyl (C=O) groups excluding carboxylic acids is 2. The van der Waals surface area contributed by atoms with Crippen LogP contribution in [0.25, 0.3) is 0 Å². The molecule has 0 radical (unpaired) electrons. The van der Waals surface area contributed by atoms with Gasteiger partial charge in [-0.2, -0.15) is 8.42 Å². The van der Waals surface area contributed by atoms with Gasteiger partial charge in [0.15, 0.2) is 12.4 Å². The summed E-state index contributed by atoms with van der Waals surface area (Å²) in [6, 6.07) is 17.1. The fourth-order valence-corrected chi connectivity index (χ4v) is 9.12. The molecule has 9 nitrogen and oxygen atoms in total. The van der Waals surface area contributed by atoms with Crippen LogP contribution in [-0.4, -0.2) is 65.8 Å². The Morgan fingerprint density at radius 2 is 1.10 bits per heavy atom. The molecular formula is C42H64N2O7S. The van der Waals surface area contributed by atoms with E-state index in [0.29, 0.717) is 25.7 Å². The molecule has 52 heavy (non-hydrogen) atoms. The zero-order chi connectivity index (χ0) is 39.5. The standard InChI is InChI=1S/C20H38O7S.2C11H14N/c1-5-9-11-15(7-3)13-20(19(23)24,14-16(8-4)12-10-6-2)17(18(21)22)28(25,26)27;2*1-11(2)8-12(3)10-7-5-4-6-9(10)11/h15-17H,5-14H2,1-4H3,(H,21,22)(H,23,24)(H,25,26,27);2*4-8H,1-3H3/q;2*+1/p-2. The largest absolute Gasteiger partial charge is 0.549 e. The van der Waals surface area contributed by atoms with Crippen LogP contribution in [0.15, 0.2) is 48.5 Å². The summed E-state index contributed by atoms with van der Waals surface area (Å²) in [6.45, 7) is 16.7. The number of rotatable bonds is 16. The van der Waals surface area contributed by atoms with Crippen LogP contribution in [0.2, 0.25) is 0 Å². The molecule has 3 atom stereocenters. The molecule has 0 fully saturated rings. The number of para-hydroxylation sites is 2. The summed E-state index contributed by atoms with van der Waals surface area (Å²) in [6.07, 6.45) is 10.0. The zero-order valence-corrected chi connectivity index (χ0v) is 34.1. The topological polar surface area (TPSA) is 141 Å². The number of carboxylic acids is 2. The quantitative estimate of drug-likeness (QED) is 0.151. The highest BCUT2D eigenvalue weighted by atomic mass is 32.2. The van der Waals surface area contributed by atoms with Crippen molar-refractivity contribution in [1.82, 2.24) is 0 Å². The number of hydrogen-bond acceptors (Lipinski definition) is 6. The molecule has 2 aromatic rings. The van der Waals surface area contributed by atoms with E-state index < -0.39 is 32.7 Å². The molecule has 4 rings (SSSR count). The van der Waals surface area contributed by atoms with Crippen molar-refractivity contribution < 1.29 is 41.9 Å². The first-order chi connectivity index (χ1) is 24.2. The number of carboxylic acid groups (broad SMARTS) is 2. The molecule has 0 bridgehead atoms. The minimum Gasteiger partial charge on any atom is -0.549 e. The maximum Gasteiger partial charge on any atom is 0.274 e. The second-order valence-corrected chi connectivity index (χ2v) is 17.4. The maximum atomic E-state index is 12.3. The van der Waals surface area contributed by atoms with Crippen LogP contribution in [0.5, 0.6) is 0 Å². The van der Waals surface area contributed by atoms with Crippen molar-refractivity contribution in [2.45, 2.75) is 136 Å². The number of unbranched alkanes of at least 4 members (excludes halogenated alkanes) is 2. The molecule has 0 aliphatic carbocycles. The smallest absolute Gasteiger partial charge is 0.274 e. The van der Waals surface area contributed by atoms with Gasteiger partial charge < -0.3 is 19.8 Å². The second-order valence-electron chi connectivity index (χ2n) is 15.9. The lowest BCUT2D eigenvalue weighted by molar-refractivity contribution is -0.397. The molecule has 2 aliphatic heterocycles. The number of carbonyl (C=O) groups is 2. The Morgan fingerprint density at radius 3 is 1.37 bits per heavy atom. The molecule has 290 valence electrons. The summed E-state index contributed by atoms with van der Waals surface area (Å²) >= 11 is 0. The highest BCUT2D eigenvalue weighted by molar-refractivity contribution is 7.87. The SMILES string of the molecule is CCCCC(CC)CC(CC(CC)CCCC)(C(=O)[O-])C(C(=O)[O-])S(=O)(=O)O.C[N+]1=CC(C)(C)c2ccccc21.C[N+]1=CC(C)(C)c2ccccc21. The average molecular weight is 741 g/mol. The van der Waals surface area contributed by atoms with Crippen LogP contribution in [-0.2, 0) is 30.5 Å². The van der Waals surface area contributed by atoms with Crippen LogP contribution in [0.1, 0.15) is 131 Å². The van der Waals surface area contributed by atoms with E-state index in [4.69, 9.17) is 0 Å². The van der Waals surface area contributed by atoms with Crippen LogP contribution in [0.3, 0.4) is 0 Å². The lowest BCUT2D eigenvalue weighted by atomic mass is 9.68. The van der Waals surface area contributed by atoms with Gasteiger partial charge >= 0.3 is 0 Å². The van der Waals surface area contributed by atoms with Gasteiger partial charge in [0.05, 0.1) is 16.8 Å². The number of nitrogens with zero attached hydrogens (tertiary/aromatic N) is 2. The summed E-state index contributed by atoms with van der Waals surface area (Å²) in [5, 5.41) is 21.5. The number of aliphatic carboxylic acids is 2. The van der Waals surface area contributed by atoms with Gasteiger partial charge in [0.2, 0.25) is 11.4 Å². The zero-order valence-electron chi connectivity index (χ0n) is 33.3. The molecule has 3 unspecified atom stereocenters. The van der Waals surface area contributed by atoms with Crippen molar-refractivity contribution in [2.24, 2.45) is 17.3 Å². The number of fused-ring (bicyclic) bond motifs is 2. The Hall–Kier alpha value is -3.37. The highest BCUT2D eigenvalue weighted by Gasteiger charge is 2.50. The van der Waals surface area contributed by atoms with Gasteiger partial charge in [-0.15, -0.1) is 0 Å². The van der Waals surface area contributed by atoms with Crippen molar-refractivity contribution in [3.8, 4) is 0 Å². The maximum absolute atomic E-state index is 12.3. The summed E-state index contributed by atoms with van der Waals surface area (Å²) in [4.78, 5) is 24.0. The van der Waals surface area contributed by atoms with E-state index in [9.17, 15) is 32.8 Å². The van der Waals surface area contributed by atoms with Gasteiger partial charge in [0, 0.05) is 34.6 Å². The highest BCUT2D eigenvalue weighted by Crippen LogP contribution is 2.43. The summed E-state index contributed by atoms with van der Waals surface area (Å²) in [5.41, 5.74) is 3.69. The van der Waals surface area contributed by atoms with Crippen molar-refractivity contribution in [3.63, 3.8) is 0 Å². The Kier molecular flexibility index (Phi) is 16.5. The molecule has 0 aromatic heterocycles. The van der Waals surface area contributed by atoms with Gasteiger partial charge in [-0.05, 0) is 52.4 Å². The van der Waals surface area contributed by atoms with E-state index in [2.05, 4.69) is 112 Å². The molecular weight excluding hydrogens is 677 g/mol. The Morgan fingerprint density at radius 1 is 0.731 bits per heavy atom. The summed E-state index contributed by atoms with van der Waals surface area (Å²) < 4.78 is 37.9. The monoisotopic (exact) mass is 740 g/mol. The van der Waals surface area contributed by atoms with Gasteiger partial charge in [-0.25, -0.2) is 9.15 Å². The molecule has 0 saturated heterocycles. The predicted molar refractivity (Wildman–Crippen MR) is 206 cm³/mol. The number of benzene rings is 2. The molecule has 2 heterocycles. The average Bonchev–Trinajstić information content (AvgIpc) is 3.45. The molecule has 2 aliphatic rings. The van der Waals surface area contributed by atoms with E-state index in [0.717, 1.165) is 25.7 Å². The van der Waals surface area contributed by atoms with Gasteiger partial charge in [0.1, 0.15) is 19.3 Å². The second kappa shape index (κ2) is 19.1. The van der Waals surface area contributed by atoms with E-state index in [1.165, 1.54) is 22.5 Å². The third kappa shape index (κ3) is 11.3. The third-order valence-electron chi connectivity index (χ3n) is 10.8. The first-order valence-electron chi connectivity index (χ1n) is 19.0. The van der Waals surface area contributed by atoms with Crippen molar-refractivity contribution in [1.29, 1.82) is 0 Å². The Balaban J connectivity index is 0.000000314. The first kappa shape index (κ1) is 44.8. The van der Waals surface area contributed by atoms with Gasteiger partial charge in [-0.3, -0.25) is 4.55 Å². The molecule has 0 amide bonds. The number of hydrogen-bond donors (Lipinski definition) is 1. The Bertz CT molecular complexity index is 1590. The van der Waals surface area contributed by atoms with Crippen LogP contribution < -0.4 is 10.2 Å². The van der Waals surface area contributed by atoms with E-state index >= 15 is 0 Å². The normalized spacial score (nSPS) is 18.1. The van der Waals surface area contributed by atoms with Crippen molar-refractivity contribution >= 4 is 45.9 Å².